The van der Waals surface area contributed by atoms with Crippen LogP contribution in [0.2, 0.25) is 0 Å². The summed E-state index contributed by atoms with van der Waals surface area (Å²) in [5.74, 6) is 0. The summed E-state index contributed by atoms with van der Waals surface area (Å²) in [6.07, 6.45) is 0.300. The number of nitrogens with zero attached hydrogens (tertiary/aromatic N) is 1. The Morgan fingerprint density at radius 2 is 1.75 bits per heavy atom. The highest BCUT2D eigenvalue weighted by atomic mass is 16.5. The molecule has 0 unspecified atom stereocenters. The molecule has 1 N–H and O–H groups in total. The van der Waals surface area contributed by atoms with Crippen LogP contribution in [0, 0.1) is 0 Å². The molecule has 0 radical (unpaired) electrons. The van der Waals surface area contributed by atoms with Gasteiger partial charge in [-0.15, -0.1) is 0 Å². The summed E-state index contributed by atoms with van der Waals surface area (Å²) in [6.45, 7) is 13.3. The molecule has 0 aliphatic carbocycles. The van der Waals surface area contributed by atoms with Crippen LogP contribution in [0.25, 0.3) is 0 Å². The molecule has 1 rings (SSSR count). The first kappa shape index (κ1) is 17.0. The van der Waals surface area contributed by atoms with Crippen molar-refractivity contribution in [3.63, 3.8) is 0 Å². The Bertz CT molecular complexity index is 379. The van der Waals surface area contributed by atoms with Crippen LogP contribution in [0.5, 0.6) is 0 Å². The second-order valence-corrected chi connectivity index (χ2v) is 6.61. The van der Waals surface area contributed by atoms with E-state index in [1.54, 1.807) is 0 Å². The van der Waals surface area contributed by atoms with Crippen molar-refractivity contribution in [1.82, 2.24) is 5.32 Å². The standard InChI is InChI=1S/C17H30N2O/c1-14(2)20-12-11-19(6)16-9-7-15(8-10-16)13-18-17(3,4)5/h7-10,14,18H,11-13H2,1-6H3. The van der Waals surface area contributed by atoms with Crippen LogP contribution in [0.1, 0.15) is 40.2 Å². The Hall–Kier alpha value is -1.06. The van der Waals surface area contributed by atoms with Crippen LogP contribution >= 0.6 is 0 Å². The predicted octanol–water partition coefficient (Wildman–Crippen LogP) is 3.44. The van der Waals surface area contributed by atoms with E-state index in [1.165, 1.54) is 11.3 Å². The van der Waals surface area contributed by atoms with Gasteiger partial charge in [0.1, 0.15) is 0 Å². The van der Waals surface area contributed by atoms with Crippen LogP contribution < -0.4 is 10.2 Å². The Balaban J connectivity index is 2.45. The minimum Gasteiger partial charge on any atom is -0.377 e. The maximum Gasteiger partial charge on any atom is 0.0644 e. The number of nitrogens with one attached hydrogen (secondary N) is 1. The molecule has 3 nitrogen and oxygen atoms in total. The molecule has 1 aromatic carbocycles. The molecule has 0 fully saturated rings. The Morgan fingerprint density at radius 3 is 2.25 bits per heavy atom. The van der Waals surface area contributed by atoms with E-state index in [-0.39, 0.29) is 5.54 Å². The average Bonchev–Trinajstić information content (AvgIpc) is 2.35. The number of ether oxygens (including phenoxy) is 1. The summed E-state index contributed by atoms with van der Waals surface area (Å²) in [5.41, 5.74) is 2.70. The third-order valence-corrected chi connectivity index (χ3v) is 3.08. The largest absolute Gasteiger partial charge is 0.377 e. The van der Waals surface area contributed by atoms with Crippen LogP contribution in [0.15, 0.2) is 24.3 Å². The molecule has 0 saturated heterocycles. The fourth-order valence-electron chi connectivity index (χ4n) is 1.79. The molecular weight excluding hydrogens is 248 g/mol. The van der Waals surface area contributed by atoms with E-state index in [9.17, 15) is 0 Å². The fourth-order valence-corrected chi connectivity index (χ4v) is 1.79. The van der Waals surface area contributed by atoms with Gasteiger partial charge in [-0.3, -0.25) is 0 Å². The Kier molecular flexibility index (Phi) is 6.50. The van der Waals surface area contributed by atoms with Gasteiger partial charge in [0, 0.05) is 31.4 Å². The van der Waals surface area contributed by atoms with E-state index in [4.69, 9.17) is 4.74 Å². The Morgan fingerprint density at radius 1 is 1.15 bits per heavy atom. The first-order valence-electron chi connectivity index (χ1n) is 7.44. The summed E-state index contributed by atoms with van der Waals surface area (Å²) >= 11 is 0. The molecule has 0 amide bonds. The minimum atomic E-state index is 0.156. The van der Waals surface area contributed by atoms with Crippen molar-refractivity contribution < 1.29 is 4.74 Å². The van der Waals surface area contributed by atoms with Gasteiger partial charge in [-0.1, -0.05) is 12.1 Å². The summed E-state index contributed by atoms with van der Waals surface area (Å²) in [7, 11) is 2.10. The second kappa shape index (κ2) is 7.65. The van der Waals surface area contributed by atoms with Crippen LogP contribution in [0.4, 0.5) is 5.69 Å². The van der Waals surface area contributed by atoms with Crippen LogP contribution in [-0.4, -0.2) is 31.8 Å². The third-order valence-electron chi connectivity index (χ3n) is 3.08. The number of hydrogen-bond donors (Lipinski definition) is 1. The van der Waals surface area contributed by atoms with Gasteiger partial charge >= 0.3 is 0 Å². The minimum absolute atomic E-state index is 0.156. The van der Waals surface area contributed by atoms with Gasteiger partial charge in [0.05, 0.1) is 12.7 Å². The lowest BCUT2D eigenvalue weighted by atomic mass is 10.1. The first-order valence-corrected chi connectivity index (χ1v) is 7.44. The maximum absolute atomic E-state index is 5.58. The molecule has 0 aromatic heterocycles. The van der Waals surface area contributed by atoms with E-state index >= 15 is 0 Å². The van der Waals surface area contributed by atoms with Crippen molar-refractivity contribution in [3.05, 3.63) is 29.8 Å². The molecule has 0 spiro atoms. The van der Waals surface area contributed by atoms with E-state index in [0.717, 1.165) is 19.7 Å². The average molecular weight is 278 g/mol. The van der Waals surface area contributed by atoms with Gasteiger partial charge in [0.15, 0.2) is 0 Å². The van der Waals surface area contributed by atoms with Gasteiger partial charge < -0.3 is 15.0 Å². The highest BCUT2D eigenvalue weighted by Gasteiger charge is 2.08. The van der Waals surface area contributed by atoms with E-state index in [1.807, 2.05) is 0 Å². The maximum atomic E-state index is 5.58. The topological polar surface area (TPSA) is 24.5 Å². The van der Waals surface area contributed by atoms with Crippen LogP contribution in [-0.2, 0) is 11.3 Å². The van der Waals surface area contributed by atoms with Crippen molar-refractivity contribution >= 4 is 5.69 Å². The van der Waals surface area contributed by atoms with Crippen molar-refractivity contribution in [3.8, 4) is 0 Å². The van der Waals surface area contributed by atoms with Gasteiger partial charge in [-0.05, 0) is 52.3 Å². The number of anilines is 1. The molecule has 0 saturated carbocycles. The summed E-state index contributed by atoms with van der Waals surface area (Å²) < 4.78 is 5.58. The summed E-state index contributed by atoms with van der Waals surface area (Å²) in [5, 5.41) is 3.50. The van der Waals surface area contributed by atoms with E-state index in [0.29, 0.717) is 6.10 Å². The first-order chi connectivity index (χ1) is 9.28. The zero-order valence-corrected chi connectivity index (χ0v) is 13.9. The zero-order chi connectivity index (χ0) is 15.2. The lowest BCUT2D eigenvalue weighted by Gasteiger charge is -2.22. The van der Waals surface area contributed by atoms with Crippen LogP contribution in [0.3, 0.4) is 0 Å². The number of benzene rings is 1. The van der Waals surface area contributed by atoms with Crippen molar-refractivity contribution in [2.75, 3.05) is 25.1 Å². The van der Waals surface area contributed by atoms with Gasteiger partial charge in [0.2, 0.25) is 0 Å². The van der Waals surface area contributed by atoms with Crippen molar-refractivity contribution in [2.24, 2.45) is 0 Å². The second-order valence-electron chi connectivity index (χ2n) is 6.61. The van der Waals surface area contributed by atoms with E-state index in [2.05, 4.69) is 76.1 Å². The smallest absolute Gasteiger partial charge is 0.0644 e. The highest BCUT2D eigenvalue weighted by molar-refractivity contribution is 5.46. The number of hydrogen-bond acceptors (Lipinski definition) is 3. The number of likely N-dealkylation sites (N-methyl/N-ethyl adjacent to an activating group) is 1. The van der Waals surface area contributed by atoms with Gasteiger partial charge in [-0.25, -0.2) is 0 Å². The molecule has 0 atom stereocenters. The van der Waals surface area contributed by atoms with Crippen molar-refractivity contribution in [1.29, 1.82) is 0 Å². The molecule has 0 bridgehead atoms. The zero-order valence-electron chi connectivity index (χ0n) is 13.9. The fraction of sp³-hybridized carbons (Fsp3) is 0.647. The molecule has 1 aromatic rings. The Labute approximate surface area is 124 Å². The lowest BCUT2D eigenvalue weighted by molar-refractivity contribution is 0.0846. The molecule has 0 aliphatic heterocycles. The predicted molar refractivity (Wildman–Crippen MR) is 87.4 cm³/mol. The number of rotatable bonds is 7. The third kappa shape index (κ3) is 6.92. The quantitative estimate of drug-likeness (QED) is 0.827. The SMILES string of the molecule is CC(C)OCCN(C)c1ccc(CNC(C)(C)C)cc1. The molecule has 3 heteroatoms. The van der Waals surface area contributed by atoms with Gasteiger partial charge in [0.25, 0.3) is 0 Å². The molecule has 0 heterocycles. The molecule has 0 aliphatic rings. The summed E-state index contributed by atoms with van der Waals surface area (Å²) in [6, 6.07) is 8.73. The molecular formula is C17H30N2O. The monoisotopic (exact) mass is 278 g/mol. The van der Waals surface area contributed by atoms with Crippen molar-refractivity contribution in [2.45, 2.75) is 52.8 Å². The lowest BCUT2D eigenvalue weighted by Crippen LogP contribution is -2.35. The normalized spacial score (nSPS) is 11.9. The highest BCUT2D eigenvalue weighted by Crippen LogP contribution is 2.14. The molecule has 114 valence electrons. The van der Waals surface area contributed by atoms with Gasteiger partial charge in [-0.2, -0.15) is 0 Å². The molecule has 20 heavy (non-hydrogen) atoms. The van der Waals surface area contributed by atoms with E-state index < -0.39 is 0 Å². The summed E-state index contributed by atoms with van der Waals surface area (Å²) in [4.78, 5) is 2.23.